The van der Waals surface area contributed by atoms with Crippen LogP contribution in [0.25, 0.3) is 0 Å². The summed E-state index contributed by atoms with van der Waals surface area (Å²) in [4.78, 5) is 0.356. The topological polar surface area (TPSA) is 43.4 Å². The van der Waals surface area contributed by atoms with Crippen molar-refractivity contribution in [2.75, 3.05) is 0 Å². The van der Waals surface area contributed by atoms with Crippen molar-refractivity contribution < 1.29 is 12.8 Å². The molecule has 3 nitrogen and oxygen atoms in total. The molecule has 108 valence electrons. The van der Waals surface area contributed by atoms with Crippen molar-refractivity contribution in [1.82, 2.24) is 0 Å². The molecule has 0 spiro atoms. The van der Waals surface area contributed by atoms with Crippen molar-refractivity contribution in [1.29, 1.82) is 0 Å². The van der Waals surface area contributed by atoms with Crippen LogP contribution >= 0.6 is 0 Å². The number of hydrogen-bond acceptors (Lipinski definition) is 3. The minimum atomic E-state index is -3.39. The molecule has 0 saturated heterocycles. The Morgan fingerprint density at radius 2 is 1.74 bits per heavy atom. The van der Waals surface area contributed by atoms with E-state index in [-0.39, 0.29) is 0 Å². The van der Waals surface area contributed by atoms with Gasteiger partial charge in [0.1, 0.15) is 0 Å². The molecule has 0 heterocycles. The molecule has 1 atom stereocenters. The third-order valence-electron chi connectivity index (χ3n) is 2.70. The molecular weight excluding hydrogens is 276 g/mol. The van der Waals surface area contributed by atoms with Crippen molar-refractivity contribution in [3.8, 4) is 0 Å². The van der Waals surface area contributed by atoms with Crippen molar-refractivity contribution >= 4 is 18.2 Å². The number of rotatable bonds is 7. The lowest BCUT2D eigenvalue weighted by Gasteiger charge is -2.26. The Kier molecular flexibility index (Phi) is 5.76. The van der Waals surface area contributed by atoms with Crippen LogP contribution in [0.15, 0.2) is 35.2 Å². The summed E-state index contributed by atoms with van der Waals surface area (Å²) in [5, 5.41) is 0. The first-order valence-corrected chi connectivity index (χ1v) is 11.7. The van der Waals surface area contributed by atoms with Gasteiger partial charge >= 0.3 is 0 Å². The Labute approximate surface area is 118 Å². The van der Waals surface area contributed by atoms with Crippen LogP contribution in [0.3, 0.4) is 0 Å². The van der Waals surface area contributed by atoms with Crippen LogP contribution in [0, 0.1) is 0 Å². The zero-order valence-corrected chi connectivity index (χ0v) is 14.0. The van der Waals surface area contributed by atoms with Crippen molar-refractivity contribution in [3.63, 3.8) is 0 Å². The Balaban J connectivity index is 3.02. The van der Waals surface area contributed by atoms with Gasteiger partial charge in [-0.2, -0.15) is 0 Å². The molecule has 0 radical (unpaired) electrons. The van der Waals surface area contributed by atoms with Crippen LogP contribution < -0.4 is 0 Å². The molecule has 0 bridgehead atoms. The van der Waals surface area contributed by atoms with Gasteiger partial charge in [-0.15, -0.1) is 0 Å². The van der Waals surface area contributed by atoms with Gasteiger partial charge < -0.3 is 4.43 Å². The molecule has 0 amide bonds. The molecule has 0 aliphatic carbocycles. The molecule has 19 heavy (non-hydrogen) atoms. The molecule has 1 rings (SSSR count). The van der Waals surface area contributed by atoms with Gasteiger partial charge in [0.25, 0.3) is 0 Å². The number of benzene rings is 1. The summed E-state index contributed by atoms with van der Waals surface area (Å²) in [5.74, 6) is 0. The van der Waals surface area contributed by atoms with Crippen LogP contribution in [0.1, 0.15) is 26.2 Å². The molecule has 1 unspecified atom stereocenters. The van der Waals surface area contributed by atoms with Crippen LogP contribution in [0.2, 0.25) is 19.6 Å². The van der Waals surface area contributed by atoms with Gasteiger partial charge in [0.15, 0.2) is 13.8 Å². The fourth-order valence-corrected chi connectivity index (χ4v) is 5.40. The van der Waals surface area contributed by atoms with Crippen LogP contribution in [0.4, 0.5) is 0 Å². The first kappa shape index (κ1) is 16.4. The van der Waals surface area contributed by atoms with E-state index >= 15 is 0 Å². The molecular formula is C14H24O3SSi. The summed E-state index contributed by atoms with van der Waals surface area (Å²) in [6.07, 6.45) is 2.40. The first-order valence-electron chi connectivity index (χ1n) is 6.74. The second-order valence-corrected chi connectivity index (χ2v) is 12.2. The zero-order valence-electron chi connectivity index (χ0n) is 12.2. The lowest BCUT2D eigenvalue weighted by molar-refractivity contribution is 0.252. The average molecular weight is 300 g/mol. The fourth-order valence-electron chi connectivity index (χ4n) is 1.80. The number of unbranched alkanes of at least 4 members (excludes halogenated alkanes) is 1. The summed E-state index contributed by atoms with van der Waals surface area (Å²) < 4.78 is 31.1. The van der Waals surface area contributed by atoms with Crippen LogP contribution in [-0.4, -0.2) is 22.2 Å². The lowest BCUT2D eigenvalue weighted by Crippen LogP contribution is -2.36. The smallest absolute Gasteiger partial charge is 0.204 e. The monoisotopic (exact) mass is 300 g/mol. The Morgan fingerprint density at radius 1 is 1.16 bits per heavy atom. The largest absolute Gasteiger partial charge is 0.401 e. The Bertz CT molecular complexity index is 477. The molecule has 1 aromatic rings. The third-order valence-corrected chi connectivity index (χ3v) is 5.81. The normalized spacial score (nSPS) is 14.3. The molecule has 0 fully saturated rings. The van der Waals surface area contributed by atoms with Crippen molar-refractivity contribution in [3.05, 3.63) is 30.3 Å². The molecule has 1 aromatic carbocycles. The van der Waals surface area contributed by atoms with E-state index in [4.69, 9.17) is 4.43 Å². The zero-order chi connectivity index (χ0) is 14.5. The van der Waals surface area contributed by atoms with Crippen LogP contribution in [0.5, 0.6) is 0 Å². The quantitative estimate of drug-likeness (QED) is 0.719. The van der Waals surface area contributed by atoms with Gasteiger partial charge in [-0.3, -0.25) is 0 Å². The molecule has 0 saturated carbocycles. The van der Waals surface area contributed by atoms with Gasteiger partial charge in [0.2, 0.25) is 9.84 Å². The highest BCUT2D eigenvalue weighted by atomic mass is 32.2. The van der Waals surface area contributed by atoms with Crippen molar-refractivity contribution in [2.45, 2.75) is 56.2 Å². The minimum absolute atomic E-state index is 0.356. The highest BCUT2D eigenvalue weighted by Gasteiger charge is 2.32. The lowest BCUT2D eigenvalue weighted by atomic mass is 10.3. The van der Waals surface area contributed by atoms with Gasteiger partial charge in [0.05, 0.1) is 4.90 Å². The van der Waals surface area contributed by atoms with Gasteiger partial charge in [-0.05, 0) is 38.2 Å². The van der Waals surface area contributed by atoms with E-state index in [1.54, 1.807) is 24.3 Å². The van der Waals surface area contributed by atoms with Gasteiger partial charge in [-0.1, -0.05) is 38.0 Å². The molecule has 0 aliphatic rings. The first-order chi connectivity index (χ1) is 8.77. The van der Waals surface area contributed by atoms with E-state index in [1.807, 2.05) is 25.7 Å². The molecule has 0 aromatic heterocycles. The maximum absolute atomic E-state index is 12.6. The minimum Gasteiger partial charge on any atom is -0.401 e. The third kappa shape index (κ3) is 5.08. The summed E-state index contributed by atoms with van der Waals surface area (Å²) in [7, 11) is -5.29. The van der Waals surface area contributed by atoms with E-state index < -0.39 is 23.6 Å². The van der Waals surface area contributed by atoms with Crippen molar-refractivity contribution in [2.24, 2.45) is 0 Å². The SMILES string of the molecule is CCCCC(O[Si](C)(C)C)S(=O)(=O)c1ccccc1. The number of hydrogen-bond donors (Lipinski definition) is 0. The van der Waals surface area contributed by atoms with Gasteiger partial charge in [0, 0.05) is 0 Å². The predicted octanol–water partition coefficient (Wildman–Crippen LogP) is 3.83. The van der Waals surface area contributed by atoms with E-state index in [2.05, 4.69) is 6.92 Å². The summed E-state index contributed by atoms with van der Waals surface area (Å²) in [6.45, 7) is 8.12. The van der Waals surface area contributed by atoms with E-state index in [0.29, 0.717) is 11.3 Å². The van der Waals surface area contributed by atoms with E-state index in [0.717, 1.165) is 12.8 Å². The Hall–Kier alpha value is -0.653. The Morgan fingerprint density at radius 3 is 2.21 bits per heavy atom. The maximum atomic E-state index is 12.6. The van der Waals surface area contributed by atoms with E-state index in [1.165, 1.54) is 0 Å². The van der Waals surface area contributed by atoms with E-state index in [9.17, 15) is 8.42 Å². The predicted molar refractivity (Wildman–Crippen MR) is 81.4 cm³/mol. The second kappa shape index (κ2) is 6.68. The van der Waals surface area contributed by atoms with Crippen LogP contribution in [-0.2, 0) is 14.3 Å². The highest BCUT2D eigenvalue weighted by molar-refractivity contribution is 7.92. The summed E-state index contributed by atoms with van der Waals surface area (Å²) >= 11 is 0. The molecule has 0 N–H and O–H groups in total. The molecule has 5 heteroatoms. The van der Waals surface area contributed by atoms with Gasteiger partial charge in [-0.25, -0.2) is 8.42 Å². The highest BCUT2D eigenvalue weighted by Crippen LogP contribution is 2.24. The number of sulfone groups is 1. The fraction of sp³-hybridized carbons (Fsp3) is 0.571. The standard InChI is InChI=1S/C14H24O3SSi/c1-5-6-12-14(17-19(2,3)4)18(15,16)13-10-8-7-9-11-13/h7-11,14H,5-6,12H2,1-4H3. The molecule has 0 aliphatic heterocycles. The maximum Gasteiger partial charge on any atom is 0.204 e. The average Bonchev–Trinajstić information content (AvgIpc) is 2.34. The summed E-state index contributed by atoms with van der Waals surface area (Å²) in [5.41, 5.74) is -0.707. The summed E-state index contributed by atoms with van der Waals surface area (Å²) in [6, 6.07) is 8.60. The second-order valence-electron chi connectivity index (χ2n) is 5.66.